The van der Waals surface area contributed by atoms with E-state index >= 15 is 0 Å². The molecule has 0 amide bonds. The minimum atomic E-state index is -2.90. The number of halogens is 3. The molecule has 0 saturated heterocycles. The van der Waals surface area contributed by atoms with Gasteiger partial charge in [-0.1, -0.05) is 48.5 Å². The molecular weight excluding hydrogens is 343 g/mol. The third-order valence-electron chi connectivity index (χ3n) is 2.92. The number of anilines is 1. The van der Waals surface area contributed by atoms with Crippen molar-refractivity contribution in [2.45, 2.75) is 25.5 Å². The number of hydrogen-bond acceptors (Lipinski definition) is 4. The first-order valence-corrected chi connectivity index (χ1v) is 7.07. The van der Waals surface area contributed by atoms with Gasteiger partial charge in [-0.25, -0.2) is 0 Å². The van der Waals surface area contributed by atoms with Gasteiger partial charge in [-0.2, -0.15) is 10.4 Å². The summed E-state index contributed by atoms with van der Waals surface area (Å²) in [4.78, 5) is 0. The summed E-state index contributed by atoms with van der Waals surface area (Å²) in [6.07, 6.45) is 0. The average Bonchev–Trinajstić information content (AvgIpc) is 2.50. The molecule has 2 aromatic rings. The molecule has 1 aromatic carbocycles. The van der Waals surface area contributed by atoms with Gasteiger partial charge in [0.15, 0.2) is 5.15 Å². The first-order chi connectivity index (χ1) is 12.8. The van der Waals surface area contributed by atoms with Gasteiger partial charge in [-0.15, -0.1) is 5.10 Å². The highest BCUT2D eigenvalue weighted by Gasteiger charge is 2.23. The number of nitrogens with two attached hydrogens (primary N) is 1. The van der Waals surface area contributed by atoms with E-state index in [1.807, 2.05) is 6.07 Å². The predicted molar refractivity (Wildman–Crippen MR) is 89.5 cm³/mol. The number of benzene rings is 1. The molecule has 2 rings (SSSR count). The monoisotopic (exact) mass is 360 g/mol. The summed E-state index contributed by atoms with van der Waals surface area (Å²) in [7, 11) is 0. The second kappa shape index (κ2) is 6.70. The molecule has 1 atom stereocenters. The predicted octanol–water partition coefficient (Wildman–Crippen LogP) is 4.80. The molecule has 0 bridgehead atoms. The van der Waals surface area contributed by atoms with Crippen molar-refractivity contribution in [3.63, 3.8) is 0 Å². The third-order valence-corrected chi connectivity index (χ3v) is 3.84. The van der Waals surface area contributed by atoms with Crippen LogP contribution < -0.4 is 5.73 Å². The Labute approximate surface area is 152 Å². The Morgan fingerprint density at radius 1 is 1.18 bits per heavy atom. The number of nitrogens with zero attached hydrogens (tertiary/aromatic N) is 3. The lowest BCUT2D eigenvalue weighted by Crippen LogP contribution is -2.07. The van der Waals surface area contributed by atoms with Gasteiger partial charge >= 0.3 is 0 Å². The highest BCUT2D eigenvalue weighted by atomic mass is 35.5. The Morgan fingerprint density at radius 2 is 1.82 bits per heavy atom. The van der Waals surface area contributed by atoms with Crippen molar-refractivity contribution in [3.8, 4) is 6.07 Å². The molecule has 0 spiro atoms. The maximum Gasteiger partial charge on any atom is 0.155 e. The van der Waals surface area contributed by atoms with Crippen LogP contribution >= 0.6 is 34.8 Å². The van der Waals surface area contributed by atoms with Gasteiger partial charge in [-0.05, 0) is 29.7 Å². The first kappa shape index (κ1) is 10.3. The summed E-state index contributed by atoms with van der Waals surface area (Å²) in [5.74, 6) is -3.07. The fourth-order valence-corrected chi connectivity index (χ4v) is 2.83. The average molecular weight is 362 g/mol. The number of hydrogen-bond donors (Lipinski definition) is 1. The Morgan fingerprint density at radius 3 is 2.36 bits per heavy atom. The fraction of sp³-hybridized carbons (Fsp3) is 0.267. The van der Waals surface area contributed by atoms with Gasteiger partial charge in [0.2, 0.25) is 0 Å². The van der Waals surface area contributed by atoms with Gasteiger partial charge < -0.3 is 5.73 Å². The number of rotatable bonds is 3. The Hall–Kier alpha value is -1.54. The van der Waals surface area contributed by atoms with Crippen LogP contribution in [0.2, 0.25) is 15.2 Å². The lowest BCUT2D eigenvalue weighted by Gasteiger charge is -2.15. The standard InChI is InChI=1S/C15H13Cl3N4/c1-7(2)9-5-13(21-22-15(9)18)10(6-19)14-11(16)3-8(20)4-12(14)17/h3-5,7,10H,20H2,1-2H3/i1D3,2D3. The van der Waals surface area contributed by atoms with Crippen LogP contribution in [-0.2, 0) is 0 Å². The molecule has 2 N–H and O–H groups in total. The van der Waals surface area contributed by atoms with E-state index < -0.39 is 25.5 Å². The van der Waals surface area contributed by atoms with Gasteiger partial charge in [0, 0.05) is 29.5 Å². The summed E-state index contributed by atoms with van der Waals surface area (Å²) in [6.45, 7) is -5.79. The molecule has 0 aliphatic rings. The molecule has 0 aliphatic carbocycles. The largest absolute Gasteiger partial charge is 0.399 e. The first-order valence-electron chi connectivity index (χ1n) is 8.94. The van der Waals surface area contributed by atoms with E-state index in [0.717, 1.165) is 6.07 Å². The van der Waals surface area contributed by atoms with Crippen molar-refractivity contribution in [3.05, 3.63) is 50.2 Å². The smallest absolute Gasteiger partial charge is 0.155 e. The van der Waals surface area contributed by atoms with Crippen molar-refractivity contribution in [2.24, 2.45) is 0 Å². The Kier molecular flexibility index (Phi) is 3.13. The topological polar surface area (TPSA) is 75.6 Å². The number of aromatic nitrogens is 2. The molecule has 4 nitrogen and oxygen atoms in total. The molecule has 114 valence electrons. The molecule has 7 heteroatoms. The van der Waals surface area contributed by atoms with Crippen molar-refractivity contribution < 1.29 is 8.22 Å². The van der Waals surface area contributed by atoms with E-state index in [4.69, 9.17) is 48.8 Å². The van der Waals surface area contributed by atoms with Crippen LogP contribution in [0.5, 0.6) is 0 Å². The zero-order valence-electron chi connectivity index (χ0n) is 16.9. The van der Waals surface area contributed by atoms with E-state index in [1.165, 1.54) is 12.1 Å². The molecular formula is C15H13Cl3N4. The Balaban J connectivity index is 2.69. The number of nitrogen functional groups attached to an aromatic ring is 1. The zero-order chi connectivity index (χ0) is 21.4. The normalized spacial score (nSPS) is 17.4. The molecule has 0 radical (unpaired) electrons. The van der Waals surface area contributed by atoms with Gasteiger partial charge in [0.05, 0.1) is 11.8 Å². The van der Waals surface area contributed by atoms with E-state index in [-0.39, 0.29) is 37.7 Å². The van der Waals surface area contributed by atoms with E-state index in [1.54, 1.807) is 0 Å². The van der Waals surface area contributed by atoms with Gasteiger partial charge in [-0.3, -0.25) is 0 Å². The molecule has 22 heavy (non-hydrogen) atoms. The SMILES string of the molecule is [2H]C([2H])([2H])C(c1cc(C(C#N)c2c(Cl)cc(N)cc2Cl)nnc1Cl)C([2H])([2H])[2H]. The maximum atomic E-state index is 9.65. The van der Waals surface area contributed by atoms with Crippen LogP contribution in [0.4, 0.5) is 5.69 Å². The summed E-state index contributed by atoms with van der Waals surface area (Å²) in [6, 6.07) is 5.88. The van der Waals surface area contributed by atoms with E-state index in [2.05, 4.69) is 10.2 Å². The van der Waals surface area contributed by atoms with Crippen LogP contribution in [0.1, 0.15) is 50.6 Å². The summed E-state index contributed by atoms with van der Waals surface area (Å²) < 4.78 is 45.6. The lowest BCUT2D eigenvalue weighted by atomic mass is 9.94. The van der Waals surface area contributed by atoms with Gasteiger partial charge in [0.1, 0.15) is 5.92 Å². The number of nitriles is 1. The van der Waals surface area contributed by atoms with Crippen LogP contribution in [-0.4, -0.2) is 10.2 Å². The minimum absolute atomic E-state index is 0.0472. The highest BCUT2D eigenvalue weighted by molar-refractivity contribution is 6.36. The van der Waals surface area contributed by atoms with Crippen molar-refractivity contribution >= 4 is 40.5 Å². The fourth-order valence-electron chi connectivity index (χ4n) is 1.91. The van der Waals surface area contributed by atoms with Crippen molar-refractivity contribution in [1.29, 1.82) is 5.26 Å². The maximum absolute atomic E-state index is 9.65. The molecule has 1 unspecified atom stereocenters. The molecule has 1 aromatic heterocycles. The molecule has 1 heterocycles. The van der Waals surface area contributed by atoms with Crippen LogP contribution in [0.25, 0.3) is 0 Å². The third kappa shape index (κ3) is 3.27. The van der Waals surface area contributed by atoms with Gasteiger partial charge in [0.25, 0.3) is 0 Å². The summed E-state index contributed by atoms with van der Waals surface area (Å²) in [5.41, 5.74) is 5.81. The van der Waals surface area contributed by atoms with E-state index in [0.29, 0.717) is 0 Å². The molecule has 0 saturated carbocycles. The second-order valence-corrected chi connectivity index (χ2v) is 5.58. The van der Waals surface area contributed by atoms with E-state index in [9.17, 15) is 5.26 Å². The zero-order valence-corrected chi connectivity index (χ0v) is 13.2. The summed E-state index contributed by atoms with van der Waals surface area (Å²) >= 11 is 18.3. The molecule has 0 aliphatic heterocycles. The highest BCUT2D eigenvalue weighted by Crippen LogP contribution is 2.37. The summed E-state index contributed by atoms with van der Waals surface area (Å²) in [5, 5.41) is 16.9. The quantitative estimate of drug-likeness (QED) is 0.797. The van der Waals surface area contributed by atoms with Crippen LogP contribution in [0.3, 0.4) is 0 Å². The van der Waals surface area contributed by atoms with Crippen LogP contribution in [0.15, 0.2) is 18.2 Å². The second-order valence-electron chi connectivity index (χ2n) is 4.41. The van der Waals surface area contributed by atoms with Crippen molar-refractivity contribution in [2.75, 3.05) is 5.73 Å². The minimum Gasteiger partial charge on any atom is -0.399 e. The van der Waals surface area contributed by atoms with Crippen molar-refractivity contribution in [1.82, 2.24) is 10.2 Å². The molecule has 0 fully saturated rings. The Bertz CT molecular complexity index is 902. The lowest BCUT2D eigenvalue weighted by molar-refractivity contribution is 0.810. The van der Waals surface area contributed by atoms with Crippen LogP contribution in [0, 0.1) is 11.3 Å².